The zero-order valence-electron chi connectivity index (χ0n) is 10.3. The molecular formula is C12H15F3N2O2. The SMILES string of the molecule is CC(CCCO)NC(=O)Nc1cc(F)c(F)cc1F. The molecule has 7 heteroatoms. The number of rotatable bonds is 5. The van der Waals surface area contributed by atoms with Gasteiger partial charge in [-0.15, -0.1) is 0 Å². The van der Waals surface area contributed by atoms with E-state index < -0.39 is 29.2 Å². The van der Waals surface area contributed by atoms with Gasteiger partial charge in [0.1, 0.15) is 5.82 Å². The Labute approximate surface area is 108 Å². The zero-order valence-corrected chi connectivity index (χ0v) is 10.3. The monoisotopic (exact) mass is 276 g/mol. The number of amides is 2. The summed E-state index contributed by atoms with van der Waals surface area (Å²) in [5, 5.41) is 13.2. The molecule has 1 aromatic carbocycles. The average molecular weight is 276 g/mol. The third-order valence-corrected chi connectivity index (χ3v) is 2.43. The van der Waals surface area contributed by atoms with Crippen molar-refractivity contribution in [3.63, 3.8) is 0 Å². The third kappa shape index (κ3) is 4.78. The molecule has 0 radical (unpaired) electrons. The molecule has 0 bridgehead atoms. The van der Waals surface area contributed by atoms with Gasteiger partial charge in [-0.25, -0.2) is 18.0 Å². The Morgan fingerprint density at radius 1 is 1.26 bits per heavy atom. The maximum atomic E-state index is 13.2. The highest BCUT2D eigenvalue weighted by Gasteiger charge is 2.13. The minimum atomic E-state index is -1.32. The maximum absolute atomic E-state index is 13.2. The summed E-state index contributed by atoms with van der Waals surface area (Å²) in [7, 11) is 0. The van der Waals surface area contributed by atoms with Gasteiger partial charge in [-0.1, -0.05) is 0 Å². The van der Waals surface area contributed by atoms with Crippen molar-refractivity contribution in [2.75, 3.05) is 11.9 Å². The van der Waals surface area contributed by atoms with Crippen molar-refractivity contribution >= 4 is 11.7 Å². The van der Waals surface area contributed by atoms with E-state index >= 15 is 0 Å². The van der Waals surface area contributed by atoms with Crippen molar-refractivity contribution in [1.82, 2.24) is 5.32 Å². The normalized spacial score (nSPS) is 12.1. The van der Waals surface area contributed by atoms with Gasteiger partial charge < -0.3 is 15.7 Å². The van der Waals surface area contributed by atoms with Crippen molar-refractivity contribution < 1.29 is 23.1 Å². The number of carbonyl (C=O) groups is 1. The van der Waals surface area contributed by atoms with E-state index in [4.69, 9.17) is 5.11 Å². The van der Waals surface area contributed by atoms with Crippen LogP contribution in [0.25, 0.3) is 0 Å². The van der Waals surface area contributed by atoms with Crippen LogP contribution in [0.4, 0.5) is 23.7 Å². The van der Waals surface area contributed by atoms with E-state index in [1.54, 1.807) is 6.92 Å². The van der Waals surface area contributed by atoms with Gasteiger partial charge in [-0.3, -0.25) is 0 Å². The molecule has 0 spiro atoms. The van der Waals surface area contributed by atoms with Crippen LogP contribution in [0.3, 0.4) is 0 Å². The van der Waals surface area contributed by atoms with E-state index in [9.17, 15) is 18.0 Å². The van der Waals surface area contributed by atoms with Crippen LogP contribution in [0.5, 0.6) is 0 Å². The summed E-state index contributed by atoms with van der Waals surface area (Å²) >= 11 is 0. The minimum absolute atomic E-state index is 0.00540. The number of carbonyl (C=O) groups excluding carboxylic acids is 1. The first kappa shape index (κ1) is 15.3. The summed E-state index contributed by atoms with van der Waals surface area (Å²) in [6.45, 7) is 1.71. The van der Waals surface area contributed by atoms with Crippen molar-refractivity contribution in [3.8, 4) is 0 Å². The quantitative estimate of drug-likeness (QED) is 0.723. The zero-order chi connectivity index (χ0) is 14.4. The van der Waals surface area contributed by atoms with Crippen LogP contribution in [0.1, 0.15) is 19.8 Å². The molecule has 1 aromatic rings. The lowest BCUT2D eigenvalue weighted by Gasteiger charge is -2.14. The second-order valence-electron chi connectivity index (χ2n) is 4.11. The van der Waals surface area contributed by atoms with Crippen LogP contribution in [0.2, 0.25) is 0 Å². The standard InChI is InChI=1S/C12H15F3N2O2/c1-7(3-2-4-18)16-12(19)17-11-6-9(14)8(13)5-10(11)15/h5-7,18H,2-4H2,1H3,(H2,16,17,19). The molecule has 0 saturated heterocycles. The number of aliphatic hydroxyl groups excluding tert-OH is 1. The van der Waals surface area contributed by atoms with E-state index in [1.165, 1.54) is 0 Å². The van der Waals surface area contributed by atoms with Gasteiger partial charge in [0, 0.05) is 24.8 Å². The van der Waals surface area contributed by atoms with E-state index in [0.717, 1.165) is 0 Å². The fourth-order valence-corrected chi connectivity index (χ4v) is 1.47. The van der Waals surface area contributed by atoms with Crippen molar-refractivity contribution in [1.29, 1.82) is 0 Å². The molecule has 0 aromatic heterocycles. The molecule has 1 rings (SSSR count). The van der Waals surface area contributed by atoms with Gasteiger partial charge in [-0.05, 0) is 19.8 Å². The molecule has 0 saturated carbocycles. The van der Waals surface area contributed by atoms with Crippen LogP contribution in [-0.4, -0.2) is 23.8 Å². The second kappa shape index (κ2) is 6.98. The number of hydrogen-bond acceptors (Lipinski definition) is 2. The Hall–Kier alpha value is -1.76. The maximum Gasteiger partial charge on any atom is 0.319 e. The molecule has 0 aliphatic rings. The Morgan fingerprint density at radius 2 is 1.89 bits per heavy atom. The highest BCUT2D eigenvalue weighted by molar-refractivity contribution is 5.89. The summed E-state index contributed by atoms with van der Waals surface area (Å²) in [4.78, 5) is 11.5. The highest BCUT2D eigenvalue weighted by Crippen LogP contribution is 2.18. The summed E-state index contributed by atoms with van der Waals surface area (Å²) in [5.41, 5.74) is -0.439. The lowest BCUT2D eigenvalue weighted by Crippen LogP contribution is -2.36. The third-order valence-electron chi connectivity index (χ3n) is 2.43. The molecule has 1 unspecified atom stereocenters. The van der Waals surface area contributed by atoms with E-state index in [0.29, 0.717) is 25.0 Å². The van der Waals surface area contributed by atoms with Crippen molar-refractivity contribution in [3.05, 3.63) is 29.6 Å². The Kier molecular flexibility index (Phi) is 5.62. The fourth-order valence-electron chi connectivity index (χ4n) is 1.47. The number of nitrogens with one attached hydrogen (secondary N) is 2. The van der Waals surface area contributed by atoms with Gasteiger partial charge in [0.15, 0.2) is 11.6 Å². The van der Waals surface area contributed by atoms with E-state index in [2.05, 4.69) is 10.6 Å². The average Bonchev–Trinajstić information content (AvgIpc) is 2.33. The predicted octanol–water partition coefficient (Wildman–Crippen LogP) is 2.39. The van der Waals surface area contributed by atoms with Gasteiger partial charge in [0.2, 0.25) is 0 Å². The molecule has 0 aliphatic carbocycles. The number of urea groups is 1. The van der Waals surface area contributed by atoms with E-state index in [-0.39, 0.29) is 12.6 Å². The number of aliphatic hydroxyl groups is 1. The number of hydrogen-bond donors (Lipinski definition) is 3. The Bertz CT molecular complexity index is 455. The highest BCUT2D eigenvalue weighted by atomic mass is 19.2. The summed E-state index contributed by atoms with van der Waals surface area (Å²) in [5.74, 6) is -3.62. The molecule has 0 fully saturated rings. The molecule has 106 valence electrons. The summed E-state index contributed by atoms with van der Waals surface area (Å²) < 4.78 is 38.8. The molecule has 19 heavy (non-hydrogen) atoms. The molecule has 0 heterocycles. The van der Waals surface area contributed by atoms with Gasteiger partial charge in [0.25, 0.3) is 0 Å². The largest absolute Gasteiger partial charge is 0.396 e. The van der Waals surface area contributed by atoms with Crippen LogP contribution in [0.15, 0.2) is 12.1 Å². The Morgan fingerprint density at radius 3 is 2.53 bits per heavy atom. The first-order valence-corrected chi connectivity index (χ1v) is 5.77. The lowest BCUT2D eigenvalue weighted by molar-refractivity contribution is 0.245. The van der Waals surface area contributed by atoms with Crippen molar-refractivity contribution in [2.45, 2.75) is 25.8 Å². The molecule has 3 N–H and O–H groups in total. The topological polar surface area (TPSA) is 61.4 Å². The van der Waals surface area contributed by atoms with Crippen LogP contribution in [-0.2, 0) is 0 Å². The van der Waals surface area contributed by atoms with Crippen LogP contribution in [0, 0.1) is 17.5 Å². The first-order valence-electron chi connectivity index (χ1n) is 5.77. The van der Waals surface area contributed by atoms with Crippen molar-refractivity contribution in [2.24, 2.45) is 0 Å². The smallest absolute Gasteiger partial charge is 0.319 e. The summed E-state index contributed by atoms with van der Waals surface area (Å²) in [6, 6.07) is -0.0289. The molecule has 2 amide bonds. The summed E-state index contributed by atoms with van der Waals surface area (Å²) in [6.07, 6.45) is 1.06. The lowest BCUT2D eigenvalue weighted by atomic mass is 10.2. The number of benzene rings is 1. The van der Waals surface area contributed by atoms with Crippen LogP contribution >= 0.6 is 0 Å². The minimum Gasteiger partial charge on any atom is -0.396 e. The fraction of sp³-hybridized carbons (Fsp3) is 0.417. The second-order valence-corrected chi connectivity index (χ2v) is 4.11. The molecule has 1 atom stereocenters. The Balaban J connectivity index is 2.59. The predicted molar refractivity (Wildman–Crippen MR) is 64.3 cm³/mol. The first-order chi connectivity index (χ1) is 8.93. The molecule has 0 aliphatic heterocycles. The van der Waals surface area contributed by atoms with Gasteiger partial charge >= 0.3 is 6.03 Å². The van der Waals surface area contributed by atoms with Crippen LogP contribution < -0.4 is 10.6 Å². The van der Waals surface area contributed by atoms with E-state index in [1.807, 2.05) is 0 Å². The number of anilines is 1. The number of halogens is 3. The molecular weight excluding hydrogens is 261 g/mol. The van der Waals surface area contributed by atoms with Gasteiger partial charge in [0.05, 0.1) is 5.69 Å². The van der Waals surface area contributed by atoms with Gasteiger partial charge in [-0.2, -0.15) is 0 Å². The molecule has 4 nitrogen and oxygen atoms in total.